The van der Waals surface area contributed by atoms with Crippen molar-refractivity contribution in [1.82, 2.24) is 0 Å². The van der Waals surface area contributed by atoms with Gasteiger partial charge in [0.05, 0.1) is 7.11 Å². The highest BCUT2D eigenvalue weighted by Crippen LogP contribution is 2.68. The van der Waals surface area contributed by atoms with Gasteiger partial charge in [-0.3, -0.25) is 14.4 Å². The van der Waals surface area contributed by atoms with Crippen LogP contribution >= 0.6 is 0 Å². The minimum Gasteiger partial charge on any atom is -0.469 e. The van der Waals surface area contributed by atoms with Crippen LogP contribution in [0.4, 0.5) is 0 Å². The third-order valence-electron chi connectivity index (χ3n) is 10.7. The quantitative estimate of drug-likeness (QED) is 0.533. The first-order valence-corrected chi connectivity index (χ1v) is 12.9. The second-order valence-electron chi connectivity index (χ2n) is 11.9. The summed E-state index contributed by atoms with van der Waals surface area (Å²) in [5, 5.41) is 0. The topological polar surface area (TPSA) is 69.7 Å². The van der Waals surface area contributed by atoms with E-state index in [4.69, 9.17) is 9.47 Å². The molecule has 180 valence electrons. The molecule has 4 aliphatic carbocycles. The Morgan fingerprint density at radius 1 is 1.12 bits per heavy atom. The number of ketones is 1. The van der Waals surface area contributed by atoms with Gasteiger partial charge in [0.25, 0.3) is 0 Å². The van der Waals surface area contributed by atoms with Crippen LogP contribution in [0.5, 0.6) is 0 Å². The molecule has 0 spiro atoms. The number of esters is 2. The van der Waals surface area contributed by atoms with E-state index in [0.29, 0.717) is 54.1 Å². The highest BCUT2D eigenvalue weighted by atomic mass is 16.5. The van der Waals surface area contributed by atoms with E-state index in [9.17, 15) is 14.4 Å². The number of fused-ring (bicyclic) bond motifs is 5. The molecule has 4 rings (SSSR count). The molecule has 0 heterocycles. The van der Waals surface area contributed by atoms with Gasteiger partial charge >= 0.3 is 11.9 Å². The first kappa shape index (κ1) is 23.8. The van der Waals surface area contributed by atoms with E-state index in [1.54, 1.807) is 6.92 Å². The van der Waals surface area contributed by atoms with Crippen LogP contribution in [0.3, 0.4) is 0 Å². The SMILES string of the molecule is COC(=O)CC[C@@H](C)[C@@H]1CC[C@@H]2[C@H]3CC[C@H]4CC(=O)CC[C@]4(C)[C@@H]3C[C@@H](OC(C)=O)[C@]21C. The highest BCUT2D eigenvalue weighted by Gasteiger charge is 2.64. The molecule has 0 unspecified atom stereocenters. The lowest BCUT2D eigenvalue weighted by Crippen LogP contribution is -2.59. The molecule has 0 bridgehead atoms. The first-order chi connectivity index (χ1) is 15.1. The van der Waals surface area contributed by atoms with Crippen molar-refractivity contribution in [2.75, 3.05) is 7.11 Å². The third kappa shape index (κ3) is 3.81. The van der Waals surface area contributed by atoms with Gasteiger partial charge in [-0.25, -0.2) is 0 Å². The molecule has 0 aromatic carbocycles. The van der Waals surface area contributed by atoms with Gasteiger partial charge in [-0.2, -0.15) is 0 Å². The van der Waals surface area contributed by atoms with E-state index in [2.05, 4.69) is 20.8 Å². The smallest absolute Gasteiger partial charge is 0.305 e. The summed E-state index contributed by atoms with van der Waals surface area (Å²) in [5.41, 5.74) is 0.140. The summed E-state index contributed by atoms with van der Waals surface area (Å²) >= 11 is 0. The highest BCUT2D eigenvalue weighted by molar-refractivity contribution is 5.79. The lowest BCUT2D eigenvalue weighted by Gasteiger charge is -2.62. The summed E-state index contributed by atoms with van der Waals surface area (Å²) in [6.45, 7) is 8.62. The summed E-state index contributed by atoms with van der Waals surface area (Å²) < 4.78 is 11.0. The Morgan fingerprint density at radius 2 is 1.88 bits per heavy atom. The third-order valence-corrected chi connectivity index (χ3v) is 10.7. The van der Waals surface area contributed by atoms with Crippen LogP contribution in [0.1, 0.15) is 91.9 Å². The fraction of sp³-hybridized carbons (Fsp3) is 0.889. The molecule has 4 aliphatic rings. The monoisotopic (exact) mass is 446 g/mol. The van der Waals surface area contributed by atoms with E-state index in [1.165, 1.54) is 20.0 Å². The first-order valence-electron chi connectivity index (χ1n) is 12.9. The van der Waals surface area contributed by atoms with Crippen molar-refractivity contribution in [2.24, 2.45) is 46.3 Å². The molecule has 5 nitrogen and oxygen atoms in total. The molecule has 4 fully saturated rings. The van der Waals surface area contributed by atoms with Gasteiger partial charge in [0.1, 0.15) is 11.9 Å². The zero-order valence-electron chi connectivity index (χ0n) is 20.7. The largest absolute Gasteiger partial charge is 0.469 e. The molecule has 0 aliphatic heterocycles. The Morgan fingerprint density at radius 3 is 2.56 bits per heavy atom. The average molecular weight is 447 g/mol. The van der Waals surface area contributed by atoms with Gasteiger partial charge in [0, 0.05) is 31.6 Å². The van der Waals surface area contributed by atoms with E-state index in [-0.39, 0.29) is 28.9 Å². The van der Waals surface area contributed by atoms with Gasteiger partial charge in [-0.15, -0.1) is 0 Å². The standard InChI is InChI=1S/C27H42O5/c1-16(6-11-25(30)31-5)21-9-10-22-20-8-7-18-14-19(29)12-13-26(18,3)23(20)15-24(27(21,22)4)32-17(2)28/h16,18,20-24H,6-15H2,1-5H3/t16-,18+,20-,21+,22-,23-,24-,26+,27+/m1/s1. The maximum Gasteiger partial charge on any atom is 0.305 e. The fourth-order valence-corrected chi connectivity index (χ4v) is 8.97. The number of methoxy groups -OCH3 is 1. The lowest BCUT2D eigenvalue weighted by molar-refractivity contribution is -0.193. The average Bonchev–Trinajstić information content (AvgIpc) is 3.11. The number of carbonyl (C=O) groups excluding carboxylic acids is 3. The van der Waals surface area contributed by atoms with Crippen molar-refractivity contribution in [3.63, 3.8) is 0 Å². The molecular formula is C27H42O5. The normalized spacial score (nSPS) is 44.1. The second kappa shape index (κ2) is 8.76. The van der Waals surface area contributed by atoms with E-state index < -0.39 is 0 Å². The molecule has 9 atom stereocenters. The maximum absolute atomic E-state index is 12.2. The van der Waals surface area contributed by atoms with Crippen molar-refractivity contribution >= 4 is 17.7 Å². The summed E-state index contributed by atoms with van der Waals surface area (Å²) in [7, 11) is 1.45. The molecular weight excluding hydrogens is 404 g/mol. The van der Waals surface area contributed by atoms with Gasteiger partial charge < -0.3 is 9.47 Å². The van der Waals surface area contributed by atoms with Crippen molar-refractivity contribution in [3.8, 4) is 0 Å². The van der Waals surface area contributed by atoms with Crippen LogP contribution in [0.2, 0.25) is 0 Å². The van der Waals surface area contributed by atoms with Crippen LogP contribution in [-0.2, 0) is 23.9 Å². The number of rotatable bonds is 5. The summed E-state index contributed by atoms with van der Waals surface area (Å²) in [5.74, 6) is 3.16. The van der Waals surface area contributed by atoms with Crippen LogP contribution < -0.4 is 0 Å². The Bertz CT molecular complexity index is 761. The maximum atomic E-state index is 12.2. The van der Waals surface area contributed by atoms with E-state index >= 15 is 0 Å². The Hall–Kier alpha value is -1.39. The predicted octanol–water partition coefficient (Wildman–Crippen LogP) is 5.35. The summed E-state index contributed by atoms with van der Waals surface area (Å²) in [4.78, 5) is 36.2. The Kier molecular flexibility index (Phi) is 6.50. The van der Waals surface area contributed by atoms with Crippen LogP contribution in [-0.4, -0.2) is 30.9 Å². The molecule has 4 saturated carbocycles. The molecule has 0 saturated heterocycles. The van der Waals surface area contributed by atoms with E-state index in [1.807, 2.05) is 0 Å². The van der Waals surface area contributed by atoms with Crippen molar-refractivity contribution in [2.45, 2.75) is 98.0 Å². The molecule has 0 aromatic rings. The predicted molar refractivity (Wildman–Crippen MR) is 122 cm³/mol. The molecule has 0 N–H and O–H groups in total. The fourth-order valence-electron chi connectivity index (χ4n) is 8.97. The minimum atomic E-state index is -0.183. The number of ether oxygens (including phenoxy) is 2. The summed E-state index contributed by atoms with van der Waals surface area (Å²) in [6, 6.07) is 0. The van der Waals surface area contributed by atoms with Gasteiger partial charge in [-0.1, -0.05) is 20.8 Å². The van der Waals surface area contributed by atoms with Crippen molar-refractivity contribution in [1.29, 1.82) is 0 Å². The number of hydrogen-bond donors (Lipinski definition) is 0. The zero-order valence-corrected chi connectivity index (χ0v) is 20.7. The lowest BCUT2D eigenvalue weighted by atomic mass is 9.43. The van der Waals surface area contributed by atoms with Gasteiger partial charge in [0.2, 0.25) is 0 Å². The van der Waals surface area contributed by atoms with Gasteiger partial charge in [0.15, 0.2) is 0 Å². The second-order valence-corrected chi connectivity index (χ2v) is 11.9. The van der Waals surface area contributed by atoms with Crippen LogP contribution in [0.25, 0.3) is 0 Å². The molecule has 0 radical (unpaired) electrons. The van der Waals surface area contributed by atoms with Crippen molar-refractivity contribution in [3.05, 3.63) is 0 Å². The Labute approximate surface area is 193 Å². The zero-order chi connectivity index (χ0) is 23.3. The number of carbonyl (C=O) groups is 3. The van der Waals surface area contributed by atoms with Crippen LogP contribution in [0, 0.1) is 46.3 Å². The molecule has 32 heavy (non-hydrogen) atoms. The number of hydrogen-bond acceptors (Lipinski definition) is 5. The molecule has 5 heteroatoms. The van der Waals surface area contributed by atoms with Gasteiger partial charge in [-0.05, 0) is 85.9 Å². The number of Topliss-reactive ketones (excluding diaryl/α,β-unsaturated/α-hetero) is 1. The van der Waals surface area contributed by atoms with Crippen LogP contribution in [0.15, 0.2) is 0 Å². The van der Waals surface area contributed by atoms with E-state index in [0.717, 1.165) is 38.5 Å². The molecule has 0 amide bonds. The Balaban J connectivity index is 1.62. The minimum absolute atomic E-state index is 0.0456. The summed E-state index contributed by atoms with van der Waals surface area (Å²) in [6.07, 6.45) is 9.27. The molecule has 0 aromatic heterocycles. The van der Waals surface area contributed by atoms with Crippen molar-refractivity contribution < 1.29 is 23.9 Å².